The Morgan fingerprint density at radius 3 is 2.47 bits per heavy atom. The van der Waals surface area contributed by atoms with Crippen LogP contribution in [0, 0.1) is 12.7 Å². The first-order valence-corrected chi connectivity index (χ1v) is 11.9. The molecule has 2 aromatic carbocycles. The van der Waals surface area contributed by atoms with E-state index < -0.39 is 11.7 Å². The van der Waals surface area contributed by atoms with Gasteiger partial charge in [-0.15, -0.1) is 0 Å². The van der Waals surface area contributed by atoms with Gasteiger partial charge in [0.1, 0.15) is 11.5 Å². The number of aromatic nitrogens is 2. The summed E-state index contributed by atoms with van der Waals surface area (Å²) >= 11 is 0. The zero-order valence-electron chi connectivity index (χ0n) is 20.1. The number of aryl methyl sites for hydroxylation is 2. The molecule has 0 spiro atoms. The van der Waals surface area contributed by atoms with E-state index in [0.29, 0.717) is 43.0 Å². The minimum absolute atomic E-state index is 0.0276. The summed E-state index contributed by atoms with van der Waals surface area (Å²) in [5.74, 6) is -0.268. The second kappa shape index (κ2) is 9.15. The number of urea groups is 1. The van der Waals surface area contributed by atoms with Gasteiger partial charge < -0.3 is 9.80 Å². The summed E-state index contributed by atoms with van der Waals surface area (Å²) in [7, 11) is 1.73. The zero-order valence-corrected chi connectivity index (χ0v) is 20.1. The van der Waals surface area contributed by atoms with Crippen molar-refractivity contribution in [2.24, 2.45) is 7.05 Å². The second-order valence-electron chi connectivity index (χ2n) is 9.41. The van der Waals surface area contributed by atoms with Gasteiger partial charge in [-0.3, -0.25) is 9.58 Å². The predicted molar refractivity (Wildman–Crippen MR) is 128 cm³/mol. The number of halogens is 4. The molecule has 0 saturated carbocycles. The van der Waals surface area contributed by atoms with Gasteiger partial charge in [0.05, 0.1) is 30.0 Å². The van der Waals surface area contributed by atoms with Gasteiger partial charge in [-0.25, -0.2) is 9.18 Å². The third-order valence-corrected chi connectivity index (χ3v) is 7.03. The lowest BCUT2D eigenvalue weighted by Gasteiger charge is -2.43. The van der Waals surface area contributed by atoms with Crippen molar-refractivity contribution >= 4 is 17.4 Å². The minimum Gasteiger partial charge on any atom is -0.369 e. The van der Waals surface area contributed by atoms with Crippen LogP contribution in [0.2, 0.25) is 0 Å². The smallest absolute Gasteiger partial charge is 0.369 e. The number of amides is 2. The number of carbonyl (C=O) groups is 1. The molecule has 36 heavy (non-hydrogen) atoms. The normalized spacial score (nSPS) is 17.1. The van der Waals surface area contributed by atoms with Gasteiger partial charge in [-0.2, -0.15) is 18.3 Å². The van der Waals surface area contributed by atoms with Crippen molar-refractivity contribution in [1.29, 1.82) is 0 Å². The standard InChI is InChI=1S/C26H27F4N5O/c1-17-6-5-9-21(27)24(17)33-12-10-19(11-13-33)34-15-22-23(16-32(2)31-22)35(25(34)36)14-18-7-3-4-8-20(18)26(28,29)30/h3-9,16,19H,10-15H2,1-2H3. The van der Waals surface area contributed by atoms with Gasteiger partial charge in [0.25, 0.3) is 0 Å². The van der Waals surface area contributed by atoms with E-state index in [4.69, 9.17) is 0 Å². The number of piperidine rings is 1. The lowest BCUT2D eigenvalue weighted by molar-refractivity contribution is -0.138. The van der Waals surface area contributed by atoms with E-state index in [1.807, 2.05) is 17.9 Å². The van der Waals surface area contributed by atoms with Crippen LogP contribution < -0.4 is 9.80 Å². The van der Waals surface area contributed by atoms with Crippen molar-refractivity contribution in [2.75, 3.05) is 22.9 Å². The molecule has 0 N–H and O–H groups in total. The molecule has 2 amide bonds. The van der Waals surface area contributed by atoms with E-state index in [2.05, 4.69) is 5.10 Å². The molecule has 6 nitrogen and oxygen atoms in total. The van der Waals surface area contributed by atoms with Crippen LogP contribution in [0.1, 0.15) is 35.2 Å². The summed E-state index contributed by atoms with van der Waals surface area (Å²) < 4.78 is 57.0. The molecule has 0 bridgehead atoms. The number of alkyl halides is 3. The molecule has 1 aromatic heterocycles. The first-order valence-electron chi connectivity index (χ1n) is 11.9. The summed E-state index contributed by atoms with van der Waals surface area (Å²) in [5.41, 5.74) is 1.88. The second-order valence-corrected chi connectivity index (χ2v) is 9.41. The average molecular weight is 502 g/mol. The maximum Gasteiger partial charge on any atom is 0.416 e. The fourth-order valence-electron chi connectivity index (χ4n) is 5.32. The van der Waals surface area contributed by atoms with Crippen LogP contribution >= 0.6 is 0 Å². The van der Waals surface area contributed by atoms with Crippen molar-refractivity contribution in [3.05, 3.63) is 76.9 Å². The predicted octanol–water partition coefficient (Wildman–Crippen LogP) is 5.50. The third-order valence-electron chi connectivity index (χ3n) is 7.03. The highest BCUT2D eigenvalue weighted by molar-refractivity contribution is 5.94. The van der Waals surface area contributed by atoms with Crippen LogP contribution in [0.15, 0.2) is 48.7 Å². The molecule has 0 radical (unpaired) electrons. The number of carbonyl (C=O) groups excluding carboxylic acids is 1. The first-order chi connectivity index (χ1) is 17.1. The molecule has 3 aromatic rings. The van der Waals surface area contributed by atoms with Gasteiger partial charge in [0, 0.05) is 32.4 Å². The molecule has 1 saturated heterocycles. The molecule has 10 heteroatoms. The number of fused-ring (bicyclic) bond motifs is 1. The molecule has 0 aliphatic carbocycles. The Morgan fingerprint density at radius 1 is 1.06 bits per heavy atom. The van der Waals surface area contributed by atoms with Crippen molar-refractivity contribution < 1.29 is 22.4 Å². The molecule has 1 fully saturated rings. The number of benzene rings is 2. The molecule has 5 rings (SSSR count). The van der Waals surface area contributed by atoms with Crippen LogP contribution in [0.25, 0.3) is 0 Å². The SMILES string of the molecule is Cc1cccc(F)c1N1CCC(N2Cc3nn(C)cc3N(Cc3ccccc3C(F)(F)F)C2=O)CC1. The number of hydrogen-bond donors (Lipinski definition) is 0. The monoisotopic (exact) mass is 501 g/mol. The lowest BCUT2D eigenvalue weighted by atomic mass is 10.00. The average Bonchev–Trinajstić information content (AvgIpc) is 3.21. The molecule has 0 atom stereocenters. The van der Waals surface area contributed by atoms with Crippen LogP contribution in [0.5, 0.6) is 0 Å². The third kappa shape index (κ3) is 4.40. The number of nitrogens with zero attached hydrogens (tertiary/aromatic N) is 5. The maximum absolute atomic E-state index is 14.5. The van der Waals surface area contributed by atoms with Crippen molar-refractivity contribution in [1.82, 2.24) is 14.7 Å². The Hall–Kier alpha value is -3.56. The molecule has 0 unspecified atom stereocenters. The highest BCUT2D eigenvalue weighted by atomic mass is 19.4. The molecular weight excluding hydrogens is 474 g/mol. The summed E-state index contributed by atoms with van der Waals surface area (Å²) in [6, 6.07) is 9.86. The Bertz CT molecular complexity index is 1260. The first kappa shape index (κ1) is 24.1. The number of anilines is 2. The summed E-state index contributed by atoms with van der Waals surface area (Å²) in [6.45, 7) is 3.09. The van der Waals surface area contributed by atoms with E-state index in [-0.39, 0.29) is 36.5 Å². The van der Waals surface area contributed by atoms with Crippen molar-refractivity contribution in [2.45, 2.75) is 45.1 Å². The Morgan fingerprint density at radius 2 is 1.78 bits per heavy atom. The minimum atomic E-state index is -4.52. The van der Waals surface area contributed by atoms with Crippen molar-refractivity contribution in [3.8, 4) is 0 Å². The van der Waals surface area contributed by atoms with Crippen LogP contribution in [0.4, 0.5) is 33.7 Å². The van der Waals surface area contributed by atoms with Crippen molar-refractivity contribution in [3.63, 3.8) is 0 Å². The summed E-state index contributed by atoms with van der Waals surface area (Å²) in [5, 5.41) is 4.48. The lowest BCUT2D eigenvalue weighted by Crippen LogP contribution is -2.54. The van der Waals surface area contributed by atoms with Gasteiger partial charge in [-0.05, 0) is 43.0 Å². The molecular formula is C26H27F4N5O. The summed E-state index contributed by atoms with van der Waals surface area (Å²) in [4.78, 5) is 18.8. The zero-order chi connectivity index (χ0) is 25.6. The summed E-state index contributed by atoms with van der Waals surface area (Å²) in [6.07, 6.45) is -1.61. The van der Waals surface area contributed by atoms with Gasteiger partial charge in [0.2, 0.25) is 0 Å². The largest absolute Gasteiger partial charge is 0.416 e. The Kier molecular flexibility index (Phi) is 6.13. The Labute approximate surface area is 206 Å². The topological polar surface area (TPSA) is 44.6 Å². The fraction of sp³-hybridized carbons (Fsp3) is 0.385. The highest BCUT2D eigenvalue weighted by Gasteiger charge is 2.40. The highest BCUT2D eigenvalue weighted by Crippen LogP contribution is 2.37. The molecule has 2 aliphatic rings. The van der Waals surface area contributed by atoms with E-state index >= 15 is 0 Å². The number of para-hydroxylation sites is 1. The number of hydrogen-bond acceptors (Lipinski definition) is 3. The van der Waals surface area contributed by atoms with Gasteiger partial charge in [0.15, 0.2) is 0 Å². The molecule has 190 valence electrons. The quantitative estimate of drug-likeness (QED) is 0.444. The molecule has 3 heterocycles. The molecule has 2 aliphatic heterocycles. The van der Waals surface area contributed by atoms with Crippen LogP contribution in [-0.4, -0.2) is 39.8 Å². The van der Waals surface area contributed by atoms with Crippen LogP contribution in [-0.2, 0) is 26.3 Å². The van der Waals surface area contributed by atoms with E-state index in [1.165, 1.54) is 23.1 Å². The van der Waals surface area contributed by atoms with E-state index in [0.717, 1.165) is 11.6 Å². The van der Waals surface area contributed by atoms with E-state index in [9.17, 15) is 22.4 Å². The Balaban J connectivity index is 1.39. The fourth-order valence-corrected chi connectivity index (χ4v) is 5.32. The maximum atomic E-state index is 14.5. The van der Waals surface area contributed by atoms with Gasteiger partial charge in [-0.1, -0.05) is 30.3 Å². The van der Waals surface area contributed by atoms with Crippen LogP contribution in [0.3, 0.4) is 0 Å². The number of rotatable bonds is 4. The van der Waals surface area contributed by atoms with Gasteiger partial charge >= 0.3 is 12.2 Å². The van der Waals surface area contributed by atoms with E-state index in [1.54, 1.807) is 35.0 Å².